The molecule has 1 amide bonds. The lowest BCUT2D eigenvalue weighted by Gasteiger charge is -2.34. The van der Waals surface area contributed by atoms with Crippen LogP contribution in [0.1, 0.15) is 24.0 Å². The molecule has 7 nitrogen and oxygen atoms in total. The van der Waals surface area contributed by atoms with Crippen molar-refractivity contribution < 1.29 is 17.9 Å². The first-order valence-electron chi connectivity index (χ1n) is 11.3. The molecule has 1 heterocycles. The molecule has 0 unspecified atom stereocenters. The quantitative estimate of drug-likeness (QED) is 0.565. The third-order valence-electron chi connectivity index (χ3n) is 6.10. The minimum Gasteiger partial charge on any atom is -0.497 e. The van der Waals surface area contributed by atoms with Crippen LogP contribution in [0, 0.1) is 0 Å². The van der Waals surface area contributed by atoms with Gasteiger partial charge in [-0.1, -0.05) is 42.5 Å². The van der Waals surface area contributed by atoms with Gasteiger partial charge in [-0.3, -0.25) is 9.69 Å². The van der Waals surface area contributed by atoms with E-state index in [4.69, 9.17) is 4.74 Å². The summed E-state index contributed by atoms with van der Waals surface area (Å²) in [6.45, 7) is 2.77. The Morgan fingerprint density at radius 2 is 1.70 bits per heavy atom. The lowest BCUT2D eigenvalue weighted by Crippen LogP contribution is -2.51. The molecule has 2 aromatic rings. The van der Waals surface area contributed by atoms with Crippen LogP contribution in [-0.4, -0.2) is 74.3 Å². The summed E-state index contributed by atoms with van der Waals surface area (Å²) in [7, 11) is -1.84. The van der Waals surface area contributed by atoms with Gasteiger partial charge in [0.05, 0.1) is 13.7 Å². The molecule has 2 aromatic carbocycles. The molecule has 2 aliphatic rings. The van der Waals surface area contributed by atoms with Crippen LogP contribution in [0.15, 0.2) is 60.0 Å². The Morgan fingerprint density at radius 3 is 2.30 bits per heavy atom. The van der Waals surface area contributed by atoms with Crippen LogP contribution in [0.2, 0.25) is 0 Å². The number of nitrogens with zero attached hydrogens (tertiary/aromatic N) is 3. The average molecular weight is 470 g/mol. The van der Waals surface area contributed by atoms with E-state index in [1.807, 2.05) is 59.5 Å². The Hall–Kier alpha value is -2.68. The highest BCUT2D eigenvalue weighted by atomic mass is 32.2. The van der Waals surface area contributed by atoms with E-state index in [-0.39, 0.29) is 5.91 Å². The second-order valence-electron chi connectivity index (χ2n) is 8.53. The molecule has 0 N–H and O–H groups in total. The maximum atomic E-state index is 13.1. The Morgan fingerprint density at radius 1 is 1.03 bits per heavy atom. The number of hydrogen-bond donors (Lipinski definition) is 0. The van der Waals surface area contributed by atoms with E-state index >= 15 is 0 Å². The molecular weight excluding hydrogens is 438 g/mol. The molecular formula is C25H31N3O4S. The van der Waals surface area contributed by atoms with Crippen LogP contribution >= 0.6 is 0 Å². The van der Waals surface area contributed by atoms with Gasteiger partial charge < -0.3 is 9.64 Å². The van der Waals surface area contributed by atoms with Gasteiger partial charge >= 0.3 is 0 Å². The highest BCUT2D eigenvalue weighted by Gasteiger charge is 2.34. The van der Waals surface area contributed by atoms with Crippen molar-refractivity contribution in [3.8, 4) is 5.75 Å². The number of benzene rings is 2. The Kier molecular flexibility index (Phi) is 7.47. The maximum Gasteiger partial charge on any atom is 0.237 e. The van der Waals surface area contributed by atoms with Crippen LogP contribution in [0.4, 0.5) is 0 Å². The summed E-state index contributed by atoms with van der Waals surface area (Å²) in [5, 5.41) is 1.27. The number of rotatable bonds is 9. The second kappa shape index (κ2) is 10.5. The smallest absolute Gasteiger partial charge is 0.237 e. The number of ether oxygens (including phenoxy) is 1. The van der Waals surface area contributed by atoms with Crippen molar-refractivity contribution in [2.24, 2.45) is 0 Å². The first-order valence-corrected chi connectivity index (χ1v) is 12.8. The lowest BCUT2D eigenvalue weighted by molar-refractivity contribution is -0.133. The number of amides is 1. The van der Waals surface area contributed by atoms with Gasteiger partial charge in [0.1, 0.15) is 5.75 Å². The molecule has 33 heavy (non-hydrogen) atoms. The van der Waals surface area contributed by atoms with Crippen molar-refractivity contribution in [1.82, 2.24) is 14.1 Å². The molecule has 4 rings (SSSR count). The summed E-state index contributed by atoms with van der Waals surface area (Å²) >= 11 is 0. The van der Waals surface area contributed by atoms with Gasteiger partial charge in [0.25, 0.3) is 0 Å². The number of sulfonamides is 1. The van der Waals surface area contributed by atoms with Crippen LogP contribution < -0.4 is 4.74 Å². The van der Waals surface area contributed by atoms with Crippen molar-refractivity contribution >= 4 is 22.0 Å². The van der Waals surface area contributed by atoms with E-state index < -0.39 is 10.0 Å². The van der Waals surface area contributed by atoms with Gasteiger partial charge in [-0.2, -0.15) is 4.31 Å². The van der Waals surface area contributed by atoms with E-state index in [0.29, 0.717) is 45.3 Å². The van der Waals surface area contributed by atoms with E-state index in [1.165, 1.54) is 9.71 Å². The van der Waals surface area contributed by atoms with Gasteiger partial charge in [-0.15, -0.1) is 0 Å². The molecule has 176 valence electrons. The van der Waals surface area contributed by atoms with Gasteiger partial charge in [0, 0.05) is 44.2 Å². The number of hydrogen-bond acceptors (Lipinski definition) is 5. The van der Waals surface area contributed by atoms with Crippen LogP contribution in [-0.2, 0) is 21.4 Å². The molecule has 0 radical (unpaired) electrons. The normalized spacial score (nSPS) is 17.8. The first kappa shape index (κ1) is 23.5. The van der Waals surface area contributed by atoms with Crippen LogP contribution in [0.3, 0.4) is 0 Å². The number of carbonyl (C=O) groups excluding carboxylic acids is 1. The molecule has 1 saturated carbocycles. The summed E-state index contributed by atoms with van der Waals surface area (Å²) in [5.74, 6) is 0.906. The van der Waals surface area contributed by atoms with Crippen molar-refractivity contribution in [3.63, 3.8) is 0 Å². The van der Waals surface area contributed by atoms with E-state index in [1.54, 1.807) is 13.2 Å². The van der Waals surface area contributed by atoms with Gasteiger partial charge in [-0.05, 0) is 42.2 Å². The molecule has 1 aliphatic carbocycles. The van der Waals surface area contributed by atoms with Crippen molar-refractivity contribution in [2.45, 2.75) is 25.4 Å². The maximum absolute atomic E-state index is 13.1. The Bertz CT molecular complexity index is 1060. The molecule has 8 heteroatoms. The predicted octanol–water partition coefficient (Wildman–Crippen LogP) is 2.80. The SMILES string of the molecule is COc1ccc(CN(C(=O)CN2CCN(S(=O)(=O)/C=C/c3ccccc3)CC2)C2CC2)cc1. The fourth-order valence-corrected chi connectivity index (χ4v) is 5.15. The lowest BCUT2D eigenvalue weighted by atomic mass is 10.2. The van der Waals surface area contributed by atoms with Gasteiger partial charge in [-0.25, -0.2) is 8.42 Å². The van der Waals surface area contributed by atoms with Crippen molar-refractivity contribution in [1.29, 1.82) is 0 Å². The van der Waals surface area contributed by atoms with E-state index in [2.05, 4.69) is 4.90 Å². The zero-order chi connectivity index (χ0) is 23.3. The van der Waals surface area contributed by atoms with Gasteiger partial charge in [0.15, 0.2) is 0 Å². The summed E-state index contributed by atoms with van der Waals surface area (Å²) in [6.07, 6.45) is 3.71. The number of piperazine rings is 1. The van der Waals surface area contributed by atoms with Crippen LogP contribution in [0.5, 0.6) is 5.75 Å². The highest BCUT2D eigenvalue weighted by molar-refractivity contribution is 7.92. The Balaban J connectivity index is 1.30. The summed E-state index contributed by atoms with van der Waals surface area (Å²) in [5.41, 5.74) is 1.93. The minimum absolute atomic E-state index is 0.105. The zero-order valence-electron chi connectivity index (χ0n) is 19.0. The van der Waals surface area contributed by atoms with Crippen molar-refractivity contribution in [2.75, 3.05) is 39.8 Å². The topological polar surface area (TPSA) is 70.2 Å². The number of methoxy groups -OCH3 is 1. The molecule has 2 fully saturated rings. The fourth-order valence-electron chi connectivity index (χ4n) is 3.97. The largest absolute Gasteiger partial charge is 0.497 e. The van der Waals surface area contributed by atoms with Crippen molar-refractivity contribution in [3.05, 3.63) is 71.1 Å². The van der Waals surface area contributed by atoms with Crippen LogP contribution in [0.25, 0.3) is 6.08 Å². The highest BCUT2D eigenvalue weighted by Crippen LogP contribution is 2.29. The third-order valence-corrected chi connectivity index (χ3v) is 7.67. The molecule has 1 aliphatic heterocycles. The van der Waals surface area contributed by atoms with E-state index in [9.17, 15) is 13.2 Å². The summed E-state index contributed by atoms with van der Waals surface area (Å²) < 4.78 is 32.1. The standard InChI is InChI=1S/C25H31N3O4S/c1-32-24-11-7-22(8-12-24)19-28(23-9-10-23)25(29)20-26-14-16-27(17-15-26)33(30,31)18-13-21-5-3-2-4-6-21/h2-8,11-13,18,23H,9-10,14-17,19-20H2,1H3/b18-13+. The summed E-state index contributed by atoms with van der Waals surface area (Å²) in [6, 6.07) is 17.5. The average Bonchev–Trinajstić information content (AvgIpc) is 3.68. The molecule has 1 saturated heterocycles. The minimum atomic E-state index is -3.48. The first-order chi connectivity index (χ1) is 15.9. The number of carbonyl (C=O) groups is 1. The molecule has 0 bridgehead atoms. The molecule has 0 atom stereocenters. The third kappa shape index (κ3) is 6.43. The predicted molar refractivity (Wildman–Crippen MR) is 129 cm³/mol. The molecule has 0 aromatic heterocycles. The summed E-state index contributed by atoms with van der Waals surface area (Å²) in [4.78, 5) is 17.1. The fraction of sp³-hybridized carbons (Fsp3) is 0.400. The Labute approximate surface area is 196 Å². The van der Waals surface area contributed by atoms with E-state index in [0.717, 1.165) is 29.7 Å². The molecule has 0 spiro atoms. The zero-order valence-corrected chi connectivity index (χ0v) is 19.8. The second-order valence-corrected chi connectivity index (χ2v) is 10.4. The van der Waals surface area contributed by atoms with Gasteiger partial charge in [0.2, 0.25) is 15.9 Å². The monoisotopic (exact) mass is 469 g/mol.